The third-order valence-corrected chi connectivity index (χ3v) is 4.60. The van der Waals surface area contributed by atoms with Crippen LogP contribution in [0.4, 0.5) is 5.69 Å². The monoisotopic (exact) mass is 417 g/mol. The van der Waals surface area contributed by atoms with Gasteiger partial charge in [0, 0.05) is 15.8 Å². The lowest BCUT2D eigenvalue weighted by atomic mass is 10.2. The summed E-state index contributed by atoms with van der Waals surface area (Å²) in [7, 11) is 3.18. The highest BCUT2D eigenvalue weighted by Crippen LogP contribution is 2.36. The molecule has 112 valence electrons. The lowest BCUT2D eigenvalue weighted by molar-refractivity contribution is 0.355. The zero-order chi connectivity index (χ0) is 15.4. The van der Waals surface area contributed by atoms with Gasteiger partial charge in [0.25, 0.3) is 0 Å². The van der Waals surface area contributed by atoms with E-state index in [-0.39, 0.29) is 0 Å². The van der Waals surface area contributed by atoms with E-state index in [1.807, 2.05) is 12.1 Å². The summed E-state index contributed by atoms with van der Waals surface area (Å²) in [6.07, 6.45) is 0. The first-order chi connectivity index (χ1) is 10.0. The fourth-order valence-corrected chi connectivity index (χ4v) is 2.81. The molecule has 2 aromatic carbocycles. The Kier molecular flexibility index (Phi) is 5.58. The largest absolute Gasteiger partial charge is 0.493 e. The number of benzene rings is 2. The summed E-state index contributed by atoms with van der Waals surface area (Å²) in [4.78, 5) is 0. The van der Waals surface area contributed by atoms with Crippen molar-refractivity contribution in [1.82, 2.24) is 0 Å². The molecule has 0 aliphatic heterocycles. The molecule has 21 heavy (non-hydrogen) atoms. The molecule has 0 aliphatic rings. The SMILES string of the molecule is COc1cc(CNc2ccc(C)c(I)c2)cc(Cl)c1OC. The maximum absolute atomic E-state index is 6.21. The van der Waals surface area contributed by atoms with Crippen molar-refractivity contribution >= 4 is 39.9 Å². The van der Waals surface area contributed by atoms with Gasteiger partial charge in [-0.25, -0.2) is 0 Å². The predicted molar refractivity (Wildman–Crippen MR) is 95.8 cm³/mol. The fraction of sp³-hybridized carbons (Fsp3) is 0.250. The van der Waals surface area contributed by atoms with Crippen LogP contribution in [0, 0.1) is 10.5 Å². The van der Waals surface area contributed by atoms with Crippen molar-refractivity contribution in [1.29, 1.82) is 0 Å². The number of hydrogen-bond acceptors (Lipinski definition) is 3. The van der Waals surface area contributed by atoms with Crippen LogP contribution < -0.4 is 14.8 Å². The van der Waals surface area contributed by atoms with Gasteiger partial charge in [-0.3, -0.25) is 0 Å². The first kappa shape index (κ1) is 16.2. The maximum Gasteiger partial charge on any atom is 0.179 e. The van der Waals surface area contributed by atoms with E-state index in [0.717, 1.165) is 11.3 Å². The molecular weight excluding hydrogens is 401 g/mol. The van der Waals surface area contributed by atoms with Crippen LogP contribution in [0.3, 0.4) is 0 Å². The van der Waals surface area contributed by atoms with Crippen LogP contribution in [0.5, 0.6) is 11.5 Å². The molecule has 0 fully saturated rings. The normalized spacial score (nSPS) is 10.3. The second-order valence-corrected chi connectivity index (χ2v) is 6.20. The summed E-state index contributed by atoms with van der Waals surface area (Å²) < 4.78 is 11.8. The Morgan fingerprint density at radius 2 is 1.90 bits per heavy atom. The Labute approximate surface area is 143 Å². The summed E-state index contributed by atoms with van der Waals surface area (Å²) in [6.45, 7) is 2.76. The molecule has 0 radical (unpaired) electrons. The highest BCUT2D eigenvalue weighted by Gasteiger charge is 2.10. The van der Waals surface area contributed by atoms with Gasteiger partial charge in [-0.2, -0.15) is 0 Å². The summed E-state index contributed by atoms with van der Waals surface area (Å²) in [5, 5.41) is 3.93. The minimum atomic E-state index is 0.548. The maximum atomic E-state index is 6.21. The Morgan fingerprint density at radius 3 is 2.52 bits per heavy atom. The van der Waals surface area contributed by atoms with Crippen LogP contribution in [-0.2, 0) is 6.54 Å². The van der Waals surface area contributed by atoms with Crippen molar-refractivity contribution in [2.24, 2.45) is 0 Å². The van der Waals surface area contributed by atoms with Crippen LogP contribution >= 0.6 is 34.2 Å². The minimum absolute atomic E-state index is 0.548. The van der Waals surface area contributed by atoms with E-state index in [0.29, 0.717) is 23.1 Å². The molecule has 0 atom stereocenters. The molecule has 0 aliphatic carbocycles. The number of hydrogen-bond donors (Lipinski definition) is 1. The summed E-state index contributed by atoms with van der Waals surface area (Å²) in [6, 6.07) is 10.1. The molecule has 2 rings (SSSR count). The number of aryl methyl sites for hydroxylation is 1. The Hall–Kier alpha value is -1.14. The van der Waals surface area contributed by atoms with Gasteiger partial charge in [0.1, 0.15) is 0 Å². The van der Waals surface area contributed by atoms with E-state index in [4.69, 9.17) is 21.1 Å². The van der Waals surface area contributed by atoms with Gasteiger partial charge in [0.05, 0.1) is 19.2 Å². The molecule has 0 aromatic heterocycles. The van der Waals surface area contributed by atoms with Crippen molar-refractivity contribution in [3.63, 3.8) is 0 Å². The minimum Gasteiger partial charge on any atom is -0.493 e. The number of halogens is 2. The van der Waals surface area contributed by atoms with Crippen molar-refractivity contribution in [2.75, 3.05) is 19.5 Å². The van der Waals surface area contributed by atoms with Crippen LogP contribution in [0.1, 0.15) is 11.1 Å². The van der Waals surface area contributed by atoms with Gasteiger partial charge in [-0.15, -0.1) is 0 Å². The topological polar surface area (TPSA) is 30.5 Å². The van der Waals surface area contributed by atoms with Gasteiger partial charge < -0.3 is 14.8 Å². The van der Waals surface area contributed by atoms with Gasteiger partial charge >= 0.3 is 0 Å². The van der Waals surface area contributed by atoms with Gasteiger partial charge in [0.15, 0.2) is 11.5 Å². The van der Waals surface area contributed by atoms with E-state index in [2.05, 4.69) is 53.0 Å². The molecule has 1 N–H and O–H groups in total. The average Bonchev–Trinajstić information content (AvgIpc) is 2.47. The van der Waals surface area contributed by atoms with Crippen molar-refractivity contribution in [2.45, 2.75) is 13.5 Å². The van der Waals surface area contributed by atoms with E-state index in [9.17, 15) is 0 Å². The average molecular weight is 418 g/mol. The lowest BCUT2D eigenvalue weighted by Crippen LogP contribution is -2.01. The van der Waals surface area contributed by atoms with Crippen molar-refractivity contribution in [3.05, 3.63) is 50.1 Å². The fourth-order valence-electron chi connectivity index (χ4n) is 1.98. The molecule has 0 unspecified atom stereocenters. The number of anilines is 1. The number of rotatable bonds is 5. The third-order valence-electron chi connectivity index (χ3n) is 3.16. The van der Waals surface area contributed by atoms with Crippen LogP contribution in [-0.4, -0.2) is 14.2 Å². The highest BCUT2D eigenvalue weighted by atomic mass is 127. The number of ether oxygens (including phenoxy) is 2. The lowest BCUT2D eigenvalue weighted by Gasteiger charge is -2.13. The van der Waals surface area contributed by atoms with Gasteiger partial charge in [-0.05, 0) is 64.9 Å². The summed E-state index contributed by atoms with van der Waals surface area (Å²) in [5.74, 6) is 1.20. The van der Waals surface area contributed by atoms with Crippen molar-refractivity contribution in [3.8, 4) is 11.5 Å². The highest BCUT2D eigenvalue weighted by molar-refractivity contribution is 14.1. The molecule has 5 heteroatoms. The van der Waals surface area contributed by atoms with Crippen LogP contribution in [0.15, 0.2) is 30.3 Å². The first-order valence-electron chi connectivity index (χ1n) is 6.45. The smallest absolute Gasteiger partial charge is 0.179 e. The Bertz CT molecular complexity index is 646. The molecule has 2 aromatic rings. The first-order valence-corrected chi connectivity index (χ1v) is 7.91. The quantitative estimate of drug-likeness (QED) is 0.703. The predicted octanol–water partition coefficient (Wildman–Crippen LogP) is 4.88. The molecule has 3 nitrogen and oxygen atoms in total. The molecule has 0 amide bonds. The second kappa shape index (κ2) is 7.22. The third kappa shape index (κ3) is 3.95. The van der Waals surface area contributed by atoms with Crippen molar-refractivity contribution < 1.29 is 9.47 Å². The summed E-state index contributed by atoms with van der Waals surface area (Å²) >= 11 is 8.54. The molecule has 0 saturated carbocycles. The number of nitrogens with one attached hydrogen (secondary N) is 1. The standard InChI is InChI=1S/C16H17ClINO2/c1-10-4-5-12(8-14(10)18)19-9-11-6-13(17)16(21-3)15(7-11)20-2/h4-8,19H,9H2,1-3H3. The zero-order valence-electron chi connectivity index (χ0n) is 12.2. The van der Waals surface area contributed by atoms with E-state index in [1.54, 1.807) is 14.2 Å². The molecule has 0 saturated heterocycles. The Balaban J connectivity index is 2.16. The van der Waals surface area contributed by atoms with E-state index >= 15 is 0 Å². The summed E-state index contributed by atoms with van der Waals surface area (Å²) in [5.41, 5.74) is 3.39. The second-order valence-electron chi connectivity index (χ2n) is 4.63. The molecule has 0 spiro atoms. The van der Waals surface area contributed by atoms with E-state index < -0.39 is 0 Å². The molecular formula is C16H17ClINO2. The zero-order valence-corrected chi connectivity index (χ0v) is 15.1. The Morgan fingerprint density at radius 1 is 1.14 bits per heavy atom. The van der Waals surface area contributed by atoms with Gasteiger partial charge in [0.2, 0.25) is 0 Å². The molecule has 0 bridgehead atoms. The number of methoxy groups -OCH3 is 2. The molecule has 0 heterocycles. The van der Waals surface area contributed by atoms with Crippen LogP contribution in [0.25, 0.3) is 0 Å². The van der Waals surface area contributed by atoms with Crippen LogP contribution in [0.2, 0.25) is 5.02 Å². The van der Waals surface area contributed by atoms with Gasteiger partial charge in [-0.1, -0.05) is 17.7 Å². The van der Waals surface area contributed by atoms with E-state index in [1.165, 1.54) is 9.13 Å².